The lowest BCUT2D eigenvalue weighted by molar-refractivity contribution is 0.166. The van der Waals surface area contributed by atoms with Gasteiger partial charge >= 0.3 is 6.01 Å². The molecule has 0 unspecified atom stereocenters. The maximum Gasteiger partial charge on any atom is 0.316 e. The molecular weight excluding hydrogens is 228 g/mol. The molecule has 0 bridgehead atoms. The van der Waals surface area contributed by atoms with Crippen LogP contribution in [0, 0.1) is 0 Å². The molecular formula is C13H22N4O. The Morgan fingerprint density at radius 3 is 2.50 bits per heavy atom. The third kappa shape index (κ3) is 3.17. The van der Waals surface area contributed by atoms with Crippen molar-refractivity contribution in [2.24, 2.45) is 5.73 Å². The first-order valence-corrected chi connectivity index (χ1v) is 6.74. The zero-order chi connectivity index (χ0) is 12.8. The molecule has 1 saturated heterocycles. The summed E-state index contributed by atoms with van der Waals surface area (Å²) in [5.41, 5.74) is 6.99. The second-order valence-corrected chi connectivity index (χ2v) is 4.58. The maximum absolute atomic E-state index is 5.90. The van der Waals surface area contributed by atoms with Crippen LogP contribution in [0.25, 0.3) is 0 Å². The molecule has 1 aliphatic heterocycles. The molecule has 1 aromatic heterocycles. The van der Waals surface area contributed by atoms with E-state index >= 15 is 0 Å². The predicted molar refractivity (Wildman–Crippen MR) is 70.4 cm³/mol. The molecule has 0 radical (unpaired) electrons. The van der Waals surface area contributed by atoms with E-state index in [4.69, 9.17) is 10.5 Å². The van der Waals surface area contributed by atoms with E-state index in [0.717, 1.165) is 18.7 Å². The Labute approximate surface area is 108 Å². The number of nitrogens with two attached hydrogens (primary N) is 1. The van der Waals surface area contributed by atoms with Crippen LogP contribution in [0.15, 0.2) is 12.4 Å². The minimum atomic E-state index is 0.237. The van der Waals surface area contributed by atoms with Crippen LogP contribution < -0.4 is 10.5 Å². The molecule has 1 fully saturated rings. The van der Waals surface area contributed by atoms with Crippen LogP contribution in [0.1, 0.15) is 37.8 Å². The first-order chi connectivity index (χ1) is 8.85. The Kier molecular flexibility index (Phi) is 4.90. The van der Waals surface area contributed by atoms with Crippen molar-refractivity contribution in [2.75, 3.05) is 26.2 Å². The first kappa shape index (κ1) is 13.2. The summed E-state index contributed by atoms with van der Waals surface area (Å²) in [7, 11) is 0. The van der Waals surface area contributed by atoms with Gasteiger partial charge in [-0.1, -0.05) is 6.42 Å². The fraction of sp³-hybridized carbons (Fsp3) is 0.692. The smallest absolute Gasteiger partial charge is 0.316 e. The zero-order valence-corrected chi connectivity index (χ0v) is 11.0. The predicted octanol–water partition coefficient (Wildman–Crippen LogP) is 1.36. The molecule has 1 aliphatic rings. The molecule has 5 nitrogen and oxygen atoms in total. The third-order valence-corrected chi connectivity index (χ3v) is 3.36. The van der Waals surface area contributed by atoms with Gasteiger partial charge in [0.05, 0.1) is 12.6 Å². The van der Waals surface area contributed by atoms with E-state index < -0.39 is 0 Å². The molecule has 18 heavy (non-hydrogen) atoms. The Bertz CT molecular complexity index is 349. The lowest BCUT2D eigenvalue weighted by atomic mass is 10.0. The number of nitrogens with zero attached hydrogens (tertiary/aromatic N) is 3. The van der Waals surface area contributed by atoms with Crippen molar-refractivity contribution in [2.45, 2.75) is 32.2 Å². The van der Waals surface area contributed by atoms with Gasteiger partial charge in [0.25, 0.3) is 0 Å². The fourth-order valence-electron chi connectivity index (χ4n) is 2.43. The van der Waals surface area contributed by atoms with Crippen molar-refractivity contribution in [1.29, 1.82) is 0 Å². The molecule has 0 saturated carbocycles. The van der Waals surface area contributed by atoms with Gasteiger partial charge in [0.15, 0.2) is 0 Å². The number of aromatic nitrogens is 2. The Balaban J connectivity index is 2.06. The topological polar surface area (TPSA) is 64.3 Å². The molecule has 0 aliphatic carbocycles. The van der Waals surface area contributed by atoms with Gasteiger partial charge in [0, 0.05) is 24.5 Å². The molecule has 0 amide bonds. The molecule has 2 heterocycles. The first-order valence-electron chi connectivity index (χ1n) is 6.74. The summed E-state index contributed by atoms with van der Waals surface area (Å²) in [6.45, 7) is 5.36. The number of piperidine rings is 1. The van der Waals surface area contributed by atoms with Crippen molar-refractivity contribution < 1.29 is 4.74 Å². The van der Waals surface area contributed by atoms with Gasteiger partial charge in [-0.2, -0.15) is 0 Å². The maximum atomic E-state index is 5.90. The largest absolute Gasteiger partial charge is 0.464 e. The molecule has 2 N–H and O–H groups in total. The van der Waals surface area contributed by atoms with Crippen molar-refractivity contribution in [1.82, 2.24) is 14.9 Å². The quantitative estimate of drug-likeness (QED) is 0.855. The minimum Gasteiger partial charge on any atom is -0.464 e. The van der Waals surface area contributed by atoms with Crippen LogP contribution in [-0.2, 0) is 0 Å². The number of rotatable bonds is 5. The van der Waals surface area contributed by atoms with Gasteiger partial charge in [-0.05, 0) is 32.9 Å². The van der Waals surface area contributed by atoms with Crippen molar-refractivity contribution >= 4 is 0 Å². The minimum absolute atomic E-state index is 0.237. The second kappa shape index (κ2) is 6.66. The highest BCUT2D eigenvalue weighted by Crippen LogP contribution is 2.23. The van der Waals surface area contributed by atoms with E-state index in [2.05, 4.69) is 14.9 Å². The van der Waals surface area contributed by atoms with Gasteiger partial charge in [-0.3, -0.25) is 4.90 Å². The average Bonchev–Trinajstić information content (AvgIpc) is 2.43. The normalized spacial score (nSPS) is 18.6. The van der Waals surface area contributed by atoms with Crippen LogP contribution >= 0.6 is 0 Å². The van der Waals surface area contributed by atoms with Crippen LogP contribution in [0.2, 0.25) is 0 Å². The highest BCUT2D eigenvalue weighted by Gasteiger charge is 2.21. The summed E-state index contributed by atoms with van der Waals surface area (Å²) in [6.07, 6.45) is 7.52. The number of hydrogen-bond acceptors (Lipinski definition) is 5. The molecule has 1 aromatic rings. The number of hydrogen-bond donors (Lipinski definition) is 1. The van der Waals surface area contributed by atoms with Crippen molar-refractivity contribution in [3.05, 3.63) is 18.0 Å². The summed E-state index contributed by atoms with van der Waals surface area (Å²) in [6, 6.07) is 0.677. The van der Waals surface area contributed by atoms with Crippen LogP contribution in [0.5, 0.6) is 6.01 Å². The number of likely N-dealkylation sites (tertiary alicyclic amines) is 1. The molecule has 100 valence electrons. The van der Waals surface area contributed by atoms with Gasteiger partial charge in [0.1, 0.15) is 0 Å². The fourth-order valence-corrected chi connectivity index (χ4v) is 2.43. The third-order valence-electron chi connectivity index (χ3n) is 3.36. The van der Waals surface area contributed by atoms with Gasteiger partial charge in [-0.15, -0.1) is 0 Å². The molecule has 1 atom stereocenters. The van der Waals surface area contributed by atoms with E-state index in [9.17, 15) is 0 Å². The molecule has 0 spiro atoms. The highest BCUT2D eigenvalue weighted by atomic mass is 16.5. The summed E-state index contributed by atoms with van der Waals surface area (Å²) >= 11 is 0. The number of ether oxygens (including phenoxy) is 1. The SMILES string of the molecule is CCOc1ncc([C@H](CN)N2CCCCC2)cn1. The monoisotopic (exact) mass is 250 g/mol. The van der Waals surface area contributed by atoms with Crippen LogP contribution in [0.4, 0.5) is 0 Å². The Morgan fingerprint density at radius 2 is 1.94 bits per heavy atom. The summed E-state index contributed by atoms with van der Waals surface area (Å²) in [4.78, 5) is 10.9. The van der Waals surface area contributed by atoms with E-state index in [1.165, 1.54) is 19.3 Å². The van der Waals surface area contributed by atoms with Crippen LogP contribution in [0.3, 0.4) is 0 Å². The average molecular weight is 250 g/mol. The van der Waals surface area contributed by atoms with E-state index in [0.29, 0.717) is 19.2 Å². The Morgan fingerprint density at radius 1 is 1.28 bits per heavy atom. The van der Waals surface area contributed by atoms with E-state index in [-0.39, 0.29) is 6.04 Å². The second-order valence-electron chi connectivity index (χ2n) is 4.58. The highest BCUT2D eigenvalue weighted by molar-refractivity contribution is 5.13. The zero-order valence-electron chi connectivity index (χ0n) is 11.0. The van der Waals surface area contributed by atoms with Gasteiger partial charge in [0.2, 0.25) is 0 Å². The Hall–Kier alpha value is -1.20. The molecule has 0 aromatic carbocycles. The lowest BCUT2D eigenvalue weighted by Gasteiger charge is -2.33. The summed E-state index contributed by atoms with van der Waals surface area (Å²) in [5.74, 6) is 0. The van der Waals surface area contributed by atoms with E-state index in [1.807, 2.05) is 19.3 Å². The van der Waals surface area contributed by atoms with Gasteiger partial charge in [-0.25, -0.2) is 9.97 Å². The van der Waals surface area contributed by atoms with E-state index in [1.54, 1.807) is 0 Å². The summed E-state index contributed by atoms with van der Waals surface area (Å²) in [5, 5.41) is 0. The van der Waals surface area contributed by atoms with Crippen molar-refractivity contribution in [3.63, 3.8) is 0 Å². The van der Waals surface area contributed by atoms with Gasteiger partial charge < -0.3 is 10.5 Å². The summed E-state index contributed by atoms with van der Waals surface area (Å²) < 4.78 is 5.25. The standard InChI is InChI=1S/C13H22N4O/c1-2-18-13-15-9-11(10-16-13)12(8-14)17-6-4-3-5-7-17/h9-10,12H,2-8,14H2,1H3/t12-/m0/s1. The van der Waals surface area contributed by atoms with Crippen LogP contribution in [-0.4, -0.2) is 41.1 Å². The van der Waals surface area contributed by atoms with Crippen molar-refractivity contribution in [3.8, 4) is 6.01 Å². The lowest BCUT2D eigenvalue weighted by Crippen LogP contribution is -2.37. The molecule has 2 rings (SSSR count). The molecule has 5 heteroatoms.